The van der Waals surface area contributed by atoms with Crippen molar-refractivity contribution in [1.82, 2.24) is 0 Å². The Morgan fingerprint density at radius 1 is 1.52 bits per heavy atom. The minimum atomic E-state index is -3.81. The van der Waals surface area contributed by atoms with Crippen LogP contribution < -0.4 is 4.72 Å². The van der Waals surface area contributed by atoms with Crippen LogP contribution in [0, 0.1) is 12.7 Å². The van der Waals surface area contributed by atoms with Gasteiger partial charge in [-0.15, -0.1) is 0 Å². The first kappa shape index (κ1) is 15.7. The average Bonchev–Trinajstić information content (AvgIpc) is 2.78. The van der Waals surface area contributed by atoms with Crippen LogP contribution >= 0.6 is 0 Å². The van der Waals surface area contributed by atoms with E-state index in [9.17, 15) is 17.6 Å². The fourth-order valence-electron chi connectivity index (χ4n) is 2.27. The van der Waals surface area contributed by atoms with Gasteiger partial charge >= 0.3 is 5.97 Å². The van der Waals surface area contributed by atoms with E-state index >= 15 is 0 Å². The molecule has 1 aromatic rings. The lowest BCUT2D eigenvalue weighted by Gasteiger charge is -2.14. The van der Waals surface area contributed by atoms with Crippen molar-refractivity contribution in [3.63, 3.8) is 0 Å². The van der Waals surface area contributed by atoms with Crippen LogP contribution in [0.4, 0.5) is 10.1 Å². The number of hydrogen-bond donors (Lipinski definition) is 2. The second-order valence-electron chi connectivity index (χ2n) is 4.99. The molecule has 2 N–H and O–H groups in total. The molecule has 1 saturated heterocycles. The SMILES string of the molecule is Cc1cc(F)c(C(=O)O)c(NS(=O)(=O)CC2CCCO2)c1. The lowest BCUT2D eigenvalue weighted by Crippen LogP contribution is -2.26. The number of sulfonamides is 1. The molecule has 0 aliphatic carbocycles. The van der Waals surface area contributed by atoms with Gasteiger partial charge in [0.25, 0.3) is 0 Å². The summed E-state index contributed by atoms with van der Waals surface area (Å²) in [6.07, 6.45) is 1.01. The highest BCUT2D eigenvalue weighted by molar-refractivity contribution is 7.92. The molecule has 116 valence electrons. The molecule has 1 fully saturated rings. The van der Waals surface area contributed by atoms with Crippen molar-refractivity contribution < 1.29 is 27.4 Å². The van der Waals surface area contributed by atoms with E-state index in [-0.39, 0.29) is 11.4 Å². The van der Waals surface area contributed by atoms with Crippen LogP contribution in [0.2, 0.25) is 0 Å². The molecule has 8 heteroatoms. The molecule has 1 heterocycles. The van der Waals surface area contributed by atoms with Crippen LogP contribution in [0.15, 0.2) is 12.1 Å². The van der Waals surface area contributed by atoms with E-state index in [1.807, 2.05) is 0 Å². The third kappa shape index (κ3) is 3.92. The van der Waals surface area contributed by atoms with Gasteiger partial charge in [-0.1, -0.05) is 0 Å². The number of benzene rings is 1. The van der Waals surface area contributed by atoms with Crippen molar-refractivity contribution in [3.05, 3.63) is 29.1 Å². The summed E-state index contributed by atoms with van der Waals surface area (Å²) in [4.78, 5) is 11.1. The summed E-state index contributed by atoms with van der Waals surface area (Å²) in [5.41, 5.74) is -0.526. The smallest absolute Gasteiger partial charge is 0.340 e. The molecule has 21 heavy (non-hydrogen) atoms. The summed E-state index contributed by atoms with van der Waals surface area (Å²) in [6, 6.07) is 2.33. The molecular formula is C13H16FNO5S. The zero-order valence-corrected chi connectivity index (χ0v) is 12.2. The Morgan fingerprint density at radius 2 is 2.24 bits per heavy atom. The first-order valence-electron chi connectivity index (χ1n) is 6.44. The maximum absolute atomic E-state index is 13.7. The maximum Gasteiger partial charge on any atom is 0.340 e. The number of hydrogen-bond acceptors (Lipinski definition) is 4. The standard InChI is InChI=1S/C13H16FNO5S/c1-8-5-10(14)12(13(16)17)11(6-8)15-21(18,19)7-9-3-2-4-20-9/h5-6,9,15H,2-4,7H2,1H3,(H,16,17). The highest BCUT2D eigenvalue weighted by Gasteiger charge is 2.26. The Kier molecular flexibility index (Phi) is 4.48. The topological polar surface area (TPSA) is 92.7 Å². The third-order valence-electron chi connectivity index (χ3n) is 3.14. The van der Waals surface area contributed by atoms with Gasteiger partial charge in [0.2, 0.25) is 10.0 Å². The van der Waals surface area contributed by atoms with E-state index in [2.05, 4.69) is 4.72 Å². The van der Waals surface area contributed by atoms with Crippen molar-refractivity contribution in [2.45, 2.75) is 25.9 Å². The average molecular weight is 317 g/mol. The molecule has 0 saturated carbocycles. The van der Waals surface area contributed by atoms with Gasteiger partial charge < -0.3 is 9.84 Å². The molecule has 6 nitrogen and oxygen atoms in total. The Balaban J connectivity index is 2.27. The second kappa shape index (κ2) is 5.98. The number of halogens is 1. The van der Waals surface area contributed by atoms with Gasteiger partial charge in [-0.3, -0.25) is 4.72 Å². The van der Waals surface area contributed by atoms with Crippen LogP contribution in [0.1, 0.15) is 28.8 Å². The number of carbonyl (C=O) groups is 1. The van der Waals surface area contributed by atoms with Gasteiger partial charge in [-0.25, -0.2) is 17.6 Å². The van der Waals surface area contributed by atoms with Gasteiger partial charge in [0.15, 0.2) is 0 Å². The molecule has 0 aromatic heterocycles. The highest BCUT2D eigenvalue weighted by Crippen LogP contribution is 2.24. The molecule has 1 unspecified atom stereocenters. The lowest BCUT2D eigenvalue weighted by atomic mass is 10.1. The number of aryl methyl sites for hydroxylation is 1. The largest absolute Gasteiger partial charge is 0.478 e. The number of rotatable bonds is 5. The van der Waals surface area contributed by atoms with E-state index in [0.717, 1.165) is 12.5 Å². The summed E-state index contributed by atoms with van der Waals surface area (Å²) >= 11 is 0. The summed E-state index contributed by atoms with van der Waals surface area (Å²) in [5.74, 6) is -2.78. The predicted octanol–water partition coefficient (Wildman–Crippen LogP) is 1.75. The zero-order chi connectivity index (χ0) is 15.6. The van der Waals surface area contributed by atoms with Gasteiger partial charge in [-0.05, 0) is 37.5 Å². The minimum absolute atomic E-state index is 0.266. The molecule has 0 bridgehead atoms. The van der Waals surface area contributed by atoms with Crippen LogP contribution in [-0.4, -0.2) is 38.0 Å². The number of anilines is 1. The minimum Gasteiger partial charge on any atom is -0.478 e. The fraction of sp³-hybridized carbons (Fsp3) is 0.462. The van der Waals surface area contributed by atoms with Crippen LogP contribution in [0.5, 0.6) is 0 Å². The predicted molar refractivity (Wildman–Crippen MR) is 74.5 cm³/mol. The van der Waals surface area contributed by atoms with Crippen molar-refractivity contribution in [1.29, 1.82) is 0 Å². The zero-order valence-electron chi connectivity index (χ0n) is 11.4. The van der Waals surface area contributed by atoms with Crippen LogP contribution in [-0.2, 0) is 14.8 Å². The van der Waals surface area contributed by atoms with E-state index in [1.165, 1.54) is 6.07 Å². The van der Waals surface area contributed by atoms with Crippen molar-refractivity contribution >= 4 is 21.7 Å². The Morgan fingerprint density at radius 3 is 2.81 bits per heavy atom. The Bertz CT molecular complexity index is 653. The molecule has 1 aliphatic rings. The van der Waals surface area contributed by atoms with Gasteiger partial charge in [0.05, 0.1) is 17.5 Å². The van der Waals surface area contributed by atoms with E-state index in [0.29, 0.717) is 18.6 Å². The second-order valence-corrected chi connectivity index (χ2v) is 6.76. The third-order valence-corrected chi connectivity index (χ3v) is 4.48. The molecule has 1 atom stereocenters. The van der Waals surface area contributed by atoms with Crippen molar-refractivity contribution in [3.8, 4) is 0 Å². The Hall–Kier alpha value is -1.67. The van der Waals surface area contributed by atoms with Crippen LogP contribution in [0.25, 0.3) is 0 Å². The molecule has 0 radical (unpaired) electrons. The Labute approximate surface area is 122 Å². The first-order chi connectivity index (χ1) is 9.78. The maximum atomic E-state index is 13.7. The monoisotopic (exact) mass is 317 g/mol. The molecule has 2 rings (SSSR count). The molecule has 1 aromatic carbocycles. The van der Waals surface area contributed by atoms with E-state index < -0.39 is 33.5 Å². The molecule has 0 amide bonds. The fourth-order valence-corrected chi connectivity index (χ4v) is 3.60. The van der Waals surface area contributed by atoms with Crippen molar-refractivity contribution in [2.75, 3.05) is 17.1 Å². The summed E-state index contributed by atoms with van der Waals surface area (Å²) in [6.45, 7) is 2.06. The molecule has 0 spiro atoms. The van der Waals surface area contributed by atoms with Gasteiger partial charge in [0, 0.05) is 6.61 Å². The summed E-state index contributed by atoms with van der Waals surface area (Å²) in [5, 5.41) is 9.02. The van der Waals surface area contributed by atoms with Gasteiger partial charge in [0.1, 0.15) is 11.4 Å². The number of carboxylic acid groups (broad SMARTS) is 1. The van der Waals surface area contributed by atoms with E-state index in [4.69, 9.17) is 9.84 Å². The number of ether oxygens (including phenoxy) is 1. The summed E-state index contributed by atoms with van der Waals surface area (Å²) < 4.78 is 45.2. The van der Waals surface area contributed by atoms with E-state index in [1.54, 1.807) is 6.92 Å². The number of nitrogens with one attached hydrogen (secondary N) is 1. The lowest BCUT2D eigenvalue weighted by molar-refractivity contribution is 0.0693. The summed E-state index contributed by atoms with van der Waals surface area (Å²) in [7, 11) is -3.81. The van der Waals surface area contributed by atoms with Crippen molar-refractivity contribution in [2.24, 2.45) is 0 Å². The normalized spacial score (nSPS) is 18.7. The first-order valence-corrected chi connectivity index (χ1v) is 8.09. The van der Waals surface area contributed by atoms with Gasteiger partial charge in [-0.2, -0.15) is 0 Å². The molecular weight excluding hydrogens is 301 g/mol. The number of aromatic carboxylic acids is 1. The van der Waals surface area contributed by atoms with Crippen LogP contribution in [0.3, 0.4) is 0 Å². The number of carboxylic acids is 1. The molecule has 1 aliphatic heterocycles. The highest BCUT2D eigenvalue weighted by atomic mass is 32.2. The quantitative estimate of drug-likeness (QED) is 0.863.